The van der Waals surface area contributed by atoms with E-state index in [9.17, 15) is 0 Å². The molecule has 0 radical (unpaired) electrons. The Morgan fingerprint density at radius 3 is 0.652 bits per heavy atom. The predicted molar refractivity (Wildman–Crippen MR) is 211 cm³/mol. The summed E-state index contributed by atoms with van der Waals surface area (Å²) < 4.78 is 0. The topological polar surface area (TPSA) is 0 Å². The highest BCUT2D eigenvalue weighted by Gasteiger charge is 2.26. The van der Waals surface area contributed by atoms with Crippen LogP contribution < -0.4 is 0 Å². The Labute approximate surface area is 292 Å². The molecular weight excluding hydrogens is 633 g/mol. The Kier molecular flexibility index (Phi) is 8.68. The van der Waals surface area contributed by atoms with Crippen LogP contribution in [-0.2, 0) is 0 Å². The summed E-state index contributed by atoms with van der Waals surface area (Å²) in [6.07, 6.45) is 0. The van der Waals surface area contributed by atoms with Crippen LogP contribution in [0.4, 0.5) is 0 Å². The highest BCUT2D eigenvalue weighted by atomic mass is 32.1. The van der Waals surface area contributed by atoms with E-state index in [0.29, 0.717) is 0 Å². The molecule has 0 unspecified atom stereocenters. The van der Waals surface area contributed by atoms with Crippen LogP contribution in [0.25, 0.3) is 50.1 Å². The molecule has 4 aromatic heterocycles. The Hall–Kier alpha value is -2.76. The van der Waals surface area contributed by atoms with Gasteiger partial charge in [0.2, 0.25) is 0 Å². The van der Waals surface area contributed by atoms with E-state index in [0.717, 1.165) is 0 Å². The van der Waals surface area contributed by atoms with Gasteiger partial charge in [0.25, 0.3) is 0 Å². The normalized spacial score (nSPS) is 11.7. The molecule has 0 spiro atoms. The van der Waals surface area contributed by atoms with E-state index in [1.807, 2.05) is 45.3 Å². The monoisotopic (exact) mass is 678 g/mol. The molecule has 0 saturated carbocycles. The van der Waals surface area contributed by atoms with Crippen LogP contribution in [0.2, 0.25) is 0 Å². The molecule has 238 valence electrons. The van der Waals surface area contributed by atoms with E-state index >= 15 is 0 Å². The third-order valence-corrected chi connectivity index (χ3v) is 16.3. The van der Waals surface area contributed by atoms with Crippen LogP contribution in [0.3, 0.4) is 0 Å². The van der Waals surface area contributed by atoms with Crippen molar-refractivity contribution in [3.05, 3.63) is 102 Å². The number of hydrogen-bond acceptors (Lipinski definition) is 4. The minimum Gasteiger partial charge on any atom is -0.134 e. The van der Waals surface area contributed by atoms with Gasteiger partial charge in [-0.25, -0.2) is 0 Å². The summed E-state index contributed by atoms with van der Waals surface area (Å²) in [5.74, 6) is 0. The van der Waals surface area contributed by atoms with Crippen molar-refractivity contribution in [2.24, 2.45) is 0 Å². The summed E-state index contributed by atoms with van der Waals surface area (Å²) in [6, 6.07) is 9.32. The lowest BCUT2D eigenvalue weighted by Crippen LogP contribution is -1.89. The molecular formula is C42H46S4. The zero-order valence-electron chi connectivity index (χ0n) is 29.9. The van der Waals surface area contributed by atoms with Crippen molar-refractivity contribution >= 4 is 45.3 Å². The third kappa shape index (κ3) is 5.21. The quantitative estimate of drug-likeness (QED) is 0.170. The first-order valence-electron chi connectivity index (χ1n) is 16.2. The maximum Gasteiger partial charge on any atom is 0.0484 e. The van der Waals surface area contributed by atoms with Crippen molar-refractivity contribution < 1.29 is 0 Å². The number of aryl methyl sites for hydroxylation is 6. The van der Waals surface area contributed by atoms with Crippen molar-refractivity contribution in [2.45, 2.75) is 96.9 Å². The largest absolute Gasteiger partial charge is 0.134 e. The Morgan fingerprint density at radius 2 is 0.435 bits per heavy atom. The smallest absolute Gasteiger partial charge is 0.0484 e. The van der Waals surface area contributed by atoms with Crippen LogP contribution in [0.5, 0.6) is 0 Å². The van der Waals surface area contributed by atoms with E-state index in [1.165, 1.54) is 128 Å². The van der Waals surface area contributed by atoms with Gasteiger partial charge in [-0.05, 0) is 175 Å². The first kappa shape index (κ1) is 33.2. The molecule has 6 aromatic rings. The van der Waals surface area contributed by atoms with Crippen molar-refractivity contribution in [2.75, 3.05) is 0 Å². The molecule has 6 rings (SSSR count). The van der Waals surface area contributed by atoms with Crippen LogP contribution in [-0.4, -0.2) is 0 Å². The molecule has 0 aliphatic heterocycles. The fourth-order valence-electron chi connectivity index (χ4n) is 7.24. The summed E-state index contributed by atoms with van der Waals surface area (Å²) in [5.41, 5.74) is 22.4. The van der Waals surface area contributed by atoms with Crippen LogP contribution in [0, 0.1) is 96.9 Å². The van der Waals surface area contributed by atoms with E-state index < -0.39 is 0 Å². The van der Waals surface area contributed by atoms with Crippen molar-refractivity contribution in [1.82, 2.24) is 0 Å². The zero-order valence-corrected chi connectivity index (χ0v) is 33.2. The average molecular weight is 679 g/mol. The number of benzene rings is 2. The summed E-state index contributed by atoms with van der Waals surface area (Å²) in [5, 5.41) is 0. The lowest BCUT2D eigenvalue weighted by molar-refractivity contribution is 1.31. The molecule has 2 aromatic carbocycles. The fourth-order valence-corrected chi connectivity index (χ4v) is 13.6. The van der Waals surface area contributed by atoms with Gasteiger partial charge in [0, 0.05) is 39.0 Å². The fraction of sp³-hybridized carbons (Fsp3) is 0.333. The lowest BCUT2D eigenvalue weighted by Gasteiger charge is -2.11. The van der Waals surface area contributed by atoms with Crippen LogP contribution >= 0.6 is 45.3 Å². The Morgan fingerprint density at radius 1 is 0.261 bits per heavy atom. The summed E-state index contributed by atoms with van der Waals surface area (Å²) >= 11 is 7.99. The van der Waals surface area contributed by atoms with Crippen molar-refractivity contribution in [1.29, 1.82) is 0 Å². The molecule has 0 N–H and O–H groups in total. The maximum absolute atomic E-state index is 2.34. The van der Waals surface area contributed by atoms with Gasteiger partial charge in [0.05, 0.1) is 0 Å². The molecule has 0 atom stereocenters. The molecule has 4 heterocycles. The molecule has 4 heteroatoms. The van der Waals surface area contributed by atoms with E-state index in [1.54, 1.807) is 0 Å². The molecule has 0 aliphatic carbocycles. The van der Waals surface area contributed by atoms with Gasteiger partial charge in [-0.1, -0.05) is 35.4 Å². The van der Waals surface area contributed by atoms with Crippen LogP contribution in [0.1, 0.15) is 77.9 Å². The van der Waals surface area contributed by atoms with Gasteiger partial charge in [-0.3, -0.25) is 0 Å². The molecule has 0 bridgehead atoms. The number of rotatable bonds is 5. The first-order valence-corrected chi connectivity index (χ1v) is 19.5. The number of thiophene rings is 4. The number of hydrogen-bond donors (Lipinski definition) is 0. The lowest BCUT2D eigenvalue weighted by atomic mass is 9.96. The molecule has 0 nitrogen and oxygen atoms in total. The zero-order chi connectivity index (χ0) is 33.5. The van der Waals surface area contributed by atoms with Gasteiger partial charge in [0.1, 0.15) is 0 Å². The van der Waals surface area contributed by atoms with Crippen molar-refractivity contribution in [3.8, 4) is 50.1 Å². The SMILES string of the molecule is Cc1cc(C)c(-c2sc(-c3sc(-c4sc(-c5sc(-c6c(C)cc(C)cc6C)c(C)c5C)c(C)c4C)c(C)c3C)c(C)c2C)c(C)c1. The van der Waals surface area contributed by atoms with E-state index in [4.69, 9.17) is 0 Å². The molecule has 0 amide bonds. The molecule has 0 saturated heterocycles. The molecule has 0 fully saturated rings. The maximum atomic E-state index is 2.34. The Bertz CT molecular complexity index is 1980. The average Bonchev–Trinajstić information content (AvgIpc) is 3.63. The first-order chi connectivity index (χ1) is 21.6. The second kappa shape index (κ2) is 12.0. The third-order valence-electron chi connectivity index (χ3n) is 10.2. The highest BCUT2D eigenvalue weighted by Crippen LogP contribution is 2.54. The van der Waals surface area contributed by atoms with Gasteiger partial charge < -0.3 is 0 Å². The second-order valence-corrected chi connectivity index (χ2v) is 17.7. The van der Waals surface area contributed by atoms with Crippen molar-refractivity contribution in [3.63, 3.8) is 0 Å². The summed E-state index contributed by atoms with van der Waals surface area (Å²) in [4.78, 5) is 11.5. The minimum atomic E-state index is 1.34. The van der Waals surface area contributed by atoms with Gasteiger partial charge in [0.15, 0.2) is 0 Å². The molecule has 46 heavy (non-hydrogen) atoms. The predicted octanol–water partition coefficient (Wildman–Crippen LogP) is 14.6. The van der Waals surface area contributed by atoms with Gasteiger partial charge in [-0.2, -0.15) is 0 Å². The van der Waals surface area contributed by atoms with E-state index in [-0.39, 0.29) is 0 Å². The standard InChI is InChI=1S/C42H46S4/c1-19-15-21(3)33(22(4)16-19)35-25(7)27(9)37(43-35)39-29(11)31(13)41(45-39)42-32(14)30(12)40(46-42)38-28(10)26(8)36(44-38)34-23(5)17-20(2)18-24(34)6/h15-18H,1-14H3. The van der Waals surface area contributed by atoms with Gasteiger partial charge in [-0.15, -0.1) is 45.3 Å². The Balaban J connectivity index is 1.47. The second-order valence-electron chi connectivity index (χ2n) is 13.6. The highest BCUT2D eigenvalue weighted by molar-refractivity contribution is 7.30. The minimum absolute atomic E-state index is 1.34. The van der Waals surface area contributed by atoms with E-state index in [2.05, 4.69) is 121 Å². The van der Waals surface area contributed by atoms with Crippen LogP contribution in [0.15, 0.2) is 24.3 Å². The summed E-state index contributed by atoms with van der Waals surface area (Å²) in [7, 11) is 0. The van der Waals surface area contributed by atoms with Gasteiger partial charge >= 0.3 is 0 Å². The summed E-state index contributed by atoms with van der Waals surface area (Å²) in [6.45, 7) is 32.1. The molecule has 0 aliphatic rings.